The van der Waals surface area contributed by atoms with Crippen molar-refractivity contribution in [3.8, 4) is 5.88 Å². The third-order valence-corrected chi connectivity index (χ3v) is 2.94. The minimum atomic E-state index is -1.32. The van der Waals surface area contributed by atoms with E-state index in [9.17, 15) is 13.2 Å². The van der Waals surface area contributed by atoms with Crippen molar-refractivity contribution in [2.45, 2.75) is 44.6 Å². The van der Waals surface area contributed by atoms with Crippen molar-refractivity contribution in [1.82, 2.24) is 4.98 Å². The highest BCUT2D eigenvalue weighted by Crippen LogP contribution is 2.24. The predicted octanol–water partition coefficient (Wildman–Crippen LogP) is 3.60. The Balaban J connectivity index is 2.09. The molecular weight excluding hydrogens is 231 g/mol. The highest BCUT2D eigenvalue weighted by atomic mass is 19.2. The Morgan fingerprint density at radius 2 is 1.65 bits per heavy atom. The van der Waals surface area contributed by atoms with Crippen LogP contribution in [0.1, 0.15) is 38.5 Å². The molecule has 0 atom stereocenters. The third-order valence-electron chi connectivity index (χ3n) is 2.94. The van der Waals surface area contributed by atoms with E-state index in [-0.39, 0.29) is 6.10 Å². The smallest absolute Gasteiger partial charge is 0.253 e. The fraction of sp³-hybridized carbons (Fsp3) is 0.583. The van der Waals surface area contributed by atoms with Gasteiger partial charge >= 0.3 is 0 Å². The maximum atomic E-state index is 13.3. The molecule has 1 heterocycles. The van der Waals surface area contributed by atoms with Gasteiger partial charge in [0.2, 0.25) is 0 Å². The molecule has 1 aromatic heterocycles. The molecular formula is C12H14F3NO. The number of rotatable bonds is 2. The number of pyridine rings is 1. The van der Waals surface area contributed by atoms with Crippen LogP contribution in [-0.4, -0.2) is 11.1 Å². The molecule has 17 heavy (non-hydrogen) atoms. The molecule has 0 aliphatic heterocycles. The van der Waals surface area contributed by atoms with E-state index in [1.807, 2.05) is 0 Å². The Labute approximate surface area is 97.8 Å². The van der Waals surface area contributed by atoms with Crippen LogP contribution >= 0.6 is 0 Å². The summed E-state index contributed by atoms with van der Waals surface area (Å²) in [6.45, 7) is 0. The second kappa shape index (κ2) is 5.38. The monoisotopic (exact) mass is 245 g/mol. The van der Waals surface area contributed by atoms with Gasteiger partial charge < -0.3 is 4.74 Å². The molecule has 94 valence electrons. The first-order chi connectivity index (χ1) is 8.16. The maximum absolute atomic E-state index is 13.3. The van der Waals surface area contributed by atoms with Gasteiger partial charge in [0.05, 0.1) is 0 Å². The van der Waals surface area contributed by atoms with Gasteiger partial charge in [-0.15, -0.1) is 0 Å². The van der Waals surface area contributed by atoms with E-state index in [1.165, 1.54) is 0 Å². The van der Waals surface area contributed by atoms with Crippen molar-refractivity contribution in [2.24, 2.45) is 0 Å². The number of halogens is 3. The van der Waals surface area contributed by atoms with E-state index in [4.69, 9.17) is 4.74 Å². The standard InChI is InChI=1S/C12H14F3NO/c13-9-7-10(14)12(16-11(9)15)17-8-5-3-1-2-4-6-8/h7-8H,1-6H2. The Hall–Kier alpha value is -1.26. The third kappa shape index (κ3) is 3.11. The van der Waals surface area contributed by atoms with Gasteiger partial charge in [0.25, 0.3) is 11.8 Å². The molecule has 0 aromatic carbocycles. The summed E-state index contributed by atoms with van der Waals surface area (Å²) in [5.41, 5.74) is 0. The molecule has 0 spiro atoms. The number of nitrogens with zero attached hydrogens (tertiary/aromatic N) is 1. The second-order valence-electron chi connectivity index (χ2n) is 4.28. The molecule has 5 heteroatoms. The molecule has 1 aromatic rings. The molecule has 0 unspecified atom stereocenters. The van der Waals surface area contributed by atoms with Gasteiger partial charge in [-0.2, -0.15) is 9.37 Å². The van der Waals surface area contributed by atoms with Crippen LogP contribution in [0.15, 0.2) is 6.07 Å². The Morgan fingerprint density at radius 3 is 2.29 bits per heavy atom. The summed E-state index contributed by atoms with van der Waals surface area (Å²) in [4.78, 5) is 3.16. The zero-order chi connectivity index (χ0) is 12.3. The first kappa shape index (κ1) is 12.2. The number of hydrogen-bond acceptors (Lipinski definition) is 2. The quantitative estimate of drug-likeness (QED) is 0.586. The average Bonchev–Trinajstić information content (AvgIpc) is 2.54. The second-order valence-corrected chi connectivity index (χ2v) is 4.28. The van der Waals surface area contributed by atoms with Crippen molar-refractivity contribution in [2.75, 3.05) is 0 Å². The predicted molar refractivity (Wildman–Crippen MR) is 56.2 cm³/mol. The minimum absolute atomic E-state index is 0.149. The Kier molecular flexibility index (Phi) is 3.86. The van der Waals surface area contributed by atoms with E-state index < -0.39 is 23.5 Å². The highest BCUT2D eigenvalue weighted by Gasteiger charge is 2.18. The van der Waals surface area contributed by atoms with Gasteiger partial charge in [-0.05, 0) is 25.7 Å². The van der Waals surface area contributed by atoms with Gasteiger partial charge in [-0.3, -0.25) is 0 Å². The summed E-state index contributed by atoms with van der Waals surface area (Å²) in [6.07, 6.45) is 5.75. The largest absolute Gasteiger partial charge is 0.472 e. The van der Waals surface area contributed by atoms with Crippen LogP contribution in [0.25, 0.3) is 0 Å². The molecule has 0 bridgehead atoms. The fourth-order valence-electron chi connectivity index (χ4n) is 2.03. The molecule has 1 saturated carbocycles. The van der Waals surface area contributed by atoms with Crippen LogP contribution in [0.4, 0.5) is 13.2 Å². The van der Waals surface area contributed by atoms with Crippen molar-refractivity contribution in [3.05, 3.63) is 23.6 Å². The van der Waals surface area contributed by atoms with E-state index in [2.05, 4.69) is 4.98 Å². The van der Waals surface area contributed by atoms with E-state index in [0.29, 0.717) is 6.07 Å². The van der Waals surface area contributed by atoms with Crippen molar-refractivity contribution < 1.29 is 17.9 Å². The summed E-state index contributed by atoms with van der Waals surface area (Å²) in [6, 6.07) is 0.467. The maximum Gasteiger partial charge on any atom is 0.253 e. The molecule has 2 rings (SSSR count). The lowest BCUT2D eigenvalue weighted by Crippen LogP contribution is -2.17. The molecule has 1 aliphatic rings. The molecule has 2 nitrogen and oxygen atoms in total. The van der Waals surface area contributed by atoms with E-state index >= 15 is 0 Å². The van der Waals surface area contributed by atoms with Gasteiger partial charge in [0.15, 0.2) is 11.6 Å². The first-order valence-electron chi connectivity index (χ1n) is 5.85. The fourth-order valence-corrected chi connectivity index (χ4v) is 2.03. The number of ether oxygens (including phenoxy) is 1. The molecule has 0 amide bonds. The van der Waals surface area contributed by atoms with Crippen LogP contribution in [0.5, 0.6) is 5.88 Å². The van der Waals surface area contributed by atoms with Crippen molar-refractivity contribution in [1.29, 1.82) is 0 Å². The molecule has 0 saturated heterocycles. The van der Waals surface area contributed by atoms with Crippen LogP contribution in [-0.2, 0) is 0 Å². The number of aromatic nitrogens is 1. The molecule has 0 N–H and O–H groups in total. The van der Waals surface area contributed by atoms with Gasteiger partial charge in [0.1, 0.15) is 6.10 Å². The number of hydrogen-bond donors (Lipinski definition) is 0. The average molecular weight is 245 g/mol. The minimum Gasteiger partial charge on any atom is -0.472 e. The highest BCUT2D eigenvalue weighted by molar-refractivity contribution is 5.15. The van der Waals surface area contributed by atoms with Crippen molar-refractivity contribution in [3.63, 3.8) is 0 Å². The molecule has 1 fully saturated rings. The zero-order valence-corrected chi connectivity index (χ0v) is 9.39. The van der Waals surface area contributed by atoms with Crippen LogP contribution in [0, 0.1) is 17.6 Å². The van der Waals surface area contributed by atoms with Gasteiger partial charge in [0, 0.05) is 6.07 Å². The SMILES string of the molecule is Fc1cc(F)c(OC2CCCCCC2)nc1F. The lowest BCUT2D eigenvalue weighted by molar-refractivity contribution is 0.164. The summed E-state index contributed by atoms with van der Waals surface area (Å²) >= 11 is 0. The Morgan fingerprint density at radius 1 is 1.00 bits per heavy atom. The van der Waals surface area contributed by atoms with Crippen molar-refractivity contribution >= 4 is 0 Å². The summed E-state index contributed by atoms with van der Waals surface area (Å²) in [5, 5.41) is 0. The normalized spacial score (nSPS) is 17.8. The van der Waals surface area contributed by atoms with E-state index in [0.717, 1.165) is 38.5 Å². The molecule has 1 aliphatic carbocycles. The topological polar surface area (TPSA) is 22.1 Å². The summed E-state index contributed by atoms with van der Waals surface area (Å²) in [7, 11) is 0. The zero-order valence-electron chi connectivity index (χ0n) is 9.39. The lowest BCUT2D eigenvalue weighted by Gasteiger charge is -2.16. The Bertz CT molecular complexity index is 390. The summed E-state index contributed by atoms with van der Waals surface area (Å²) in [5.74, 6) is -4.00. The van der Waals surface area contributed by atoms with Crippen LogP contribution in [0.3, 0.4) is 0 Å². The van der Waals surface area contributed by atoms with Gasteiger partial charge in [-0.25, -0.2) is 8.78 Å². The van der Waals surface area contributed by atoms with Crippen LogP contribution in [0.2, 0.25) is 0 Å². The molecule has 0 radical (unpaired) electrons. The first-order valence-corrected chi connectivity index (χ1v) is 5.85. The van der Waals surface area contributed by atoms with Gasteiger partial charge in [-0.1, -0.05) is 12.8 Å². The van der Waals surface area contributed by atoms with E-state index in [1.54, 1.807) is 0 Å². The summed E-state index contributed by atoms with van der Waals surface area (Å²) < 4.78 is 44.1. The van der Waals surface area contributed by atoms with Crippen LogP contribution < -0.4 is 4.74 Å². The lowest BCUT2D eigenvalue weighted by atomic mass is 10.1.